The summed E-state index contributed by atoms with van der Waals surface area (Å²) in [7, 11) is 1.72. The van der Waals surface area contributed by atoms with Crippen LogP contribution in [0.5, 0.6) is 0 Å². The van der Waals surface area contributed by atoms with Gasteiger partial charge < -0.3 is 15.0 Å². The van der Waals surface area contributed by atoms with Crippen molar-refractivity contribution in [3.63, 3.8) is 0 Å². The van der Waals surface area contributed by atoms with Crippen molar-refractivity contribution >= 4 is 29.0 Å². The molecule has 0 aliphatic carbocycles. The molecule has 1 aliphatic rings. The highest BCUT2D eigenvalue weighted by atomic mass is 32.1. The van der Waals surface area contributed by atoms with Gasteiger partial charge >= 0.3 is 5.97 Å². The molecule has 23 heavy (non-hydrogen) atoms. The van der Waals surface area contributed by atoms with Gasteiger partial charge in [-0.25, -0.2) is 4.79 Å². The lowest BCUT2D eigenvalue weighted by atomic mass is 9.94. The Balaban J connectivity index is 2.61. The summed E-state index contributed by atoms with van der Waals surface area (Å²) >= 11 is 5.25. The summed E-state index contributed by atoms with van der Waals surface area (Å²) in [6.45, 7) is 3.66. The van der Waals surface area contributed by atoms with Gasteiger partial charge in [-0.3, -0.25) is 10.1 Å². The lowest BCUT2D eigenvalue weighted by Crippen LogP contribution is -2.46. The Kier molecular flexibility index (Phi) is 4.95. The third-order valence-electron chi connectivity index (χ3n) is 3.69. The van der Waals surface area contributed by atoms with Gasteiger partial charge in [0.2, 0.25) is 0 Å². The topological polar surface area (TPSA) is 84.7 Å². The molecule has 1 N–H and O–H groups in total. The van der Waals surface area contributed by atoms with Crippen LogP contribution >= 0.6 is 12.2 Å². The van der Waals surface area contributed by atoms with Gasteiger partial charge in [-0.1, -0.05) is 12.1 Å². The van der Waals surface area contributed by atoms with Crippen molar-refractivity contribution in [2.24, 2.45) is 0 Å². The number of nitro benzene ring substituents is 1. The fourth-order valence-electron chi connectivity index (χ4n) is 2.44. The highest BCUT2D eigenvalue weighted by Gasteiger charge is 2.36. The monoisotopic (exact) mass is 335 g/mol. The van der Waals surface area contributed by atoms with Gasteiger partial charge in [0.15, 0.2) is 5.11 Å². The molecule has 8 heteroatoms. The summed E-state index contributed by atoms with van der Waals surface area (Å²) in [6, 6.07) is 5.55. The minimum Gasteiger partial charge on any atom is -0.463 e. The molecule has 0 saturated heterocycles. The van der Waals surface area contributed by atoms with E-state index in [-0.39, 0.29) is 12.3 Å². The maximum atomic E-state index is 12.4. The Morgan fingerprint density at radius 1 is 1.48 bits per heavy atom. The Morgan fingerprint density at radius 2 is 2.13 bits per heavy atom. The molecule has 1 atom stereocenters. The number of nitrogens with zero attached hydrogens (tertiary/aromatic N) is 2. The van der Waals surface area contributed by atoms with E-state index >= 15 is 0 Å². The van der Waals surface area contributed by atoms with E-state index in [4.69, 9.17) is 17.0 Å². The molecule has 1 aromatic carbocycles. The lowest BCUT2D eigenvalue weighted by Gasteiger charge is -2.35. The van der Waals surface area contributed by atoms with E-state index in [2.05, 4.69) is 5.32 Å². The molecule has 1 heterocycles. The minimum absolute atomic E-state index is 0.0769. The van der Waals surface area contributed by atoms with E-state index in [1.165, 1.54) is 6.07 Å². The van der Waals surface area contributed by atoms with Crippen LogP contribution in [-0.2, 0) is 9.53 Å². The first-order valence-corrected chi connectivity index (χ1v) is 7.44. The highest BCUT2D eigenvalue weighted by Crippen LogP contribution is 2.35. The van der Waals surface area contributed by atoms with E-state index in [9.17, 15) is 14.9 Å². The zero-order valence-corrected chi connectivity index (χ0v) is 13.8. The number of benzene rings is 1. The summed E-state index contributed by atoms with van der Waals surface area (Å²) in [6.07, 6.45) is 0. The number of esters is 1. The molecule has 0 saturated carbocycles. The SMILES string of the molecule is CCOC(=O)C1=C(C)N(C)C(=S)NC1c1ccccc1[N+](=O)[O-]. The minimum atomic E-state index is -0.723. The van der Waals surface area contributed by atoms with Gasteiger partial charge in [0.25, 0.3) is 5.69 Å². The van der Waals surface area contributed by atoms with Crippen LogP contribution in [0.4, 0.5) is 5.69 Å². The fourth-order valence-corrected chi connectivity index (χ4v) is 2.69. The van der Waals surface area contributed by atoms with Gasteiger partial charge in [-0.15, -0.1) is 0 Å². The summed E-state index contributed by atoms with van der Waals surface area (Å²) in [5, 5.41) is 14.7. The number of ether oxygens (including phenoxy) is 1. The third kappa shape index (κ3) is 3.16. The molecule has 0 bridgehead atoms. The predicted octanol–water partition coefficient (Wildman–Crippen LogP) is 2.29. The molecule has 0 radical (unpaired) electrons. The van der Waals surface area contributed by atoms with Crippen LogP contribution in [0.15, 0.2) is 35.5 Å². The van der Waals surface area contributed by atoms with Crippen LogP contribution in [0.1, 0.15) is 25.5 Å². The smallest absolute Gasteiger partial charge is 0.338 e. The van der Waals surface area contributed by atoms with Crippen molar-refractivity contribution in [2.45, 2.75) is 19.9 Å². The molecule has 1 aromatic rings. The zero-order chi connectivity index (χ0) is 17.1. The molecule has 1 aliphatic heterocycles. The molecular weight excluding hydrogens is 318 g/mol. The molecule has 0 aromatic heterocycles. The molecule has 122 valence electrons. The Bertz CT molecular complexity index is 702. The van der Waals surface area contributed by atoms with Gasteiger partial charge in [0.1, 0.15) is 0 Å². The molecule has 2 rings (SSSR count). The molecule has 0 spiro atoms. The summed E-state index contributed by atoms with van der Waals surface area (Å²) < 4.78 is 5.11. The highest BCUT2D eigenvalue weighted by molar-refractivity contribution is 7.80. The van der Waals surface area contributed by atoms with Crippen LogP contribution in [0.2, 0.25) is 0 Å². The number of carbonyl (C=O) groups is 1. The number of carbonyl (C=O) groups excluding carboxylic acids is 1. The third-order valence-corrected chi connectivity index (χ3v) is 4.09. The number of thiocarbonyl (C=S) groups is 1. The standard InChI is InChI=1S/C15H17N3O4S/c1-4-22-14(19)12-9(2)17(3)15(23)16-13(12)10-7-5-6-8-11(10)18(20)21/h5-8,13H,4H2,1-3H3,(H,16,23). The van der Waals surface area contributed by atoms with E-state index in [0.29, 0.717) is 21.9 Å². The number of nitro groups is 1. The summed E-state index contributed by atoms with van der Waals surface area (Å²) in [5.74, 6) is -0.519. The zero-order valence-electron chi connectivity index (χ0n) is 13.0. The molecule has 7 nitrogen and oxygen atoms in total. The first-order chi connectivity index (χ1) is 10.9. The first kappa shape index (κ1) is 16.9. The first-order valence-electron chi connectivity index (χ1n) is 7.03. The van der Waals surface area contributed by atoms with Gasteiger partial charge in [0, 0.05) is 18.8 Å². The van der Waals surface area contributed by atoms with Crippen LogP contribution < -0.4 is 5.32 Å². The number of hydrogen-bond acceptors (Lipinski definition) is 5. The van der Waals surface area contributed by atoms with Crippen molar-refractivity contribution < 1.29 is 14.5 Å². The second-order valence-corrected chi connectivity index (χ2v) is 5.36. The normalized spacial score (nSPS) is 17.8. The van der Waals surface area contributed by atoms with Crippen LogP contribution in [0, 0.1) is 10.1 Å². The Labute approximate surface area is 139 Å². The molecule has 1 unspecified atom stereocenters. The summed E-state index contributed by atoms with van der Waals surface area (Å²) in [4.78, 5) is 24.8. The largest absolute Gasteiger partial charge is 0.463 e. The number of hydrogen-bond donors (Lipinski definition) is 1. The number of nitrogens with one attached hydrogen (secondary N) is 1. The number of allylic oxidation sites excluding steroid dienone is 1. The van der Waals surface area contributed by atoms with Gasteiger partial charge in [-0.2, -0.15) is 0 Å². The molecule has 0 fully saturated rings. The number of para-hydroxylation sites is 1. The van der Waals surface area contributed by atoms with Crippen molar-refractivity contribution in [3.8, 4) is 0 Å². The Morgan fingerprint density at radius 3 is 2.74 bits per heavy atom. The van der Waals surface area contributed by atoms with Gasteiger partial charge in [-0.05, 0) is 32.1 Å². The predicted molar refractivity (Wildman–Crippen MR) is 88.7 cm³/mol. The van der Waals surface area contributed by atoms with Gasteiger partial charge in [0.05, 0.1) is 28.7 Å². The van der Waals surface area contributed by atoms with E-state index in [0.717, 1.165) is 0 Å². The average Bonchev–Trinajstić information content (AvgIpc) is 2.52. The lowest BCUT2D eigenvalue weighted by molar-refractivity contribution is -0.385. The van der Waals surface area contributed by atoms with Crippen molar-refractivity contribution in [1.29, 1.82) is 0 Å². The number of rotatable bonds is 4. The van der Waals surface area contributed by atoms with Crippen LogP contribution in [0.3, 0.4) is 0 Å². The maximum Gasteiger partial charge on any atom is 0.338 e. The summed E-state index contributed by atoms with van der Waals surface area (Å²) in [5.41, 5.74) is 1.22. The molecule has 0 amide bonds. The van der Waals surface area contributed by atoms with E-state index in [1.54, 1.807) is 44.0 Å². The second-order valence-electron chi connectivity index (χ2n) is 4.98. The average molecular weight is 335 g/mol. The second kappa shape index (κ2) is 6.74. The van der Waals surface area contributed by atoms with E-state index < -0.39 is 16.9 Å². The molecular formula is C15H17N3O4S. The van der Waals surface area contributed by atoms with Crippen molar-refractivity contribution in [3.05, 3.63) is 51.2 Å². The Hall–Kier alpha value is -2.48. The van der Waals surface area contributed by atoms with Crippen LogP contribution in [0.25, 0.3) is 0 Å². The van der Waals surface area contributed by atoms with Crippen LogP contribution in [-0.4, -0.2) is 34.6 Å². The fraction of sp³-hybridized carbons (Fsp3) is 0.333. The van der Waals surface area contributed by atoms with Crippen molar-refractivity contribution in [2.75, 3.05) is 13.7 Å². The maximum absolute atomic E-state index is 12.4. The van der Waals surface area contributed by atoms with E-state index in [1.807, 2.05) is 0 Å². The quantitative estimate of drug-likeness (QED) is 0.391. The van der Waals surface area contributed by atoms with Crippen molar-refractivity contribution in [1.82, 2.24) is 10.2 Å².